The molecule has 2 aromatic rings. The van der Waals surface area contributed by atoms with Crippen LogP contribution in [0.1, 0.15) is 168 Å². The van der Waals surface area contributed by atoms with Gasteiger partial charge in [0, 0.05) is 37.5 Å². The minimum Gasteiger partial charge on any atom is -0.466 e. The van der Waals surface area contributed by atoms with Crippen LogP contribution in [-0.2, 0) is 38.2 Å². The highest BCUT2D eigenvalue weighted by atomic mass is 19.4. The first-order valence-electron chi connectivity index (χ1n) is 22.5. The summed E-state index contributed by atoms with van der Waals surface area (Å²) in [5.41, 5.74) is 0.696. The van der Waals surface area contributed by atoms with Crippen LogP contribution in [0, 0.1) is 6.92 Å². The Balaban J connectivity index is -0.000000739. The first kappa shape index (κ1) is 65.0. The molecule has 14 heteroatoms. The van der Waals surface area contributed by atoms with Crippen molar-refractivity contribution in [3.05, 3.63) is 96.5 Å². The monoisotopic (exact) mass is 934 g/mol. The van der Waals surface area contributed by atoms with Gasteiger partial charge in [-0.2, -0.15) is 13.2 Å². The zero-order chi connectivity index (χ0) is 51.0. The number of benzene rings is 1. The van der Waals surface area contributed by atoms with E-state index in [4.69, 9.17) is 13.9 Å². The highest BCUT2D eigenvalue weighted by molar-refractivity contribution is 5.75. The predicted octanol–water partition coefficient (Wildman–Crippen LogP) is 12.9. The van der Waals surface area contributed by atoms with Gasteiger partial charge in [0.15, 0.2) is 0 Å². The molecule has 0 saturated carbocycles. The second-order valence-electron chi connectivity index (χ2n) is 16.8. The van der Waals surface area contributed by atoms with E-state index in [1.165, 1.54) is 49.8 Å². The molecule has 0 aliphatic carbocycles. The molecule has 0 radical (unpaired) electrons. The van der Waals surface area contributed by atoms with Gasteiger partial charge in [-0.25, -0.2) is 4.79 Å². The lowest BCUT2D eigenvalue weighted by Crippen LogP contribution is -2.50. The molecule has 1 saturated heterocycles. The lowest BCUT2D eigenvalue weighted by molar-refractivity contribution is -0.139. The van der Waals surface area contributed by atoms with Gasteiger partial charge in [0.1, 0.15) is 66.6 Å². The van der Waals surface area contributed by atoms with E-state index in [2.05, 4.69) is 20.1 Å². The second kappa shape index (κ2) is 39.0. The Morgan fingerprint density at radius 1 is 0.879 bits per heavy atom. The summed E-state index contributed by atoms with van der Waals surface area (Å²) in [6, 6.07) is 13.2. The molecule has 1 aromatic heterocycles. The second-order valence-corrected chi connectivity index (χ2v) is 16.8. The van der Waals surface area contributed by atoms with Crippen molar-refractivity contribution in [1.29, 1.82) is 0 Å². The minimum atomic E-state index is -4.18. The molecule has 0 N–H and O–H groups in total. The number of halogens is 3. The van der Waals surface area contributed by atoms with Crippen molar-refractivity contribution in [1.82, 2.24) is 4.90 Å². The fraction of sp³-hybridized carbons (Fsp3) is 0.558. The molecular formula is C52H78F3NO10. The van der Waals surface area contributed by atoms with E-state index >= 15 is 0 Å². The van der Waals surface area contributed by atoms with Crippen molar-refractivity contribution < 1.29 is 60.6 Å². The summed E-state index contributed by atoms with van der Waals surface area (Å²) in [6.45, 7) is 24.2. The summed E-state index contributed by atoms with van der Waals surface area (Å²) in [6.07, 6.45) is 15.7. The topological polar surface area (TPSA) is 154 Å². The third-order valence-corrected chi connectivity index (χ3v) is 8.99. The maximum absolute atomic E-state index is 11.9. The maximum atomic E-state index is 11.9. The van der Waals surface area contributed by atoms with E-state index in [0.717, 1.165) is 54.2 Å². The molecule has 1 aliphatic heterocycles. The number of ether oxygens (including phenoxy) is 2. The van der Waals surface area contributed by atoms with Gasteiger partial charge in [0.05, 0.1) is 13.0 Å². The Morgan fingerprint density at radius 3 is 1.88 bits per heavy atom. The number of nitrogens with zero attached hydrogens (tertiary/aromatic N) is 1. The van der Waals surface area contributed by atoms with Gasteiger partial charge >= 0.3 is 12.3 Å². The van der Waals surface area contributed by atoms with Crippen LogP contribution in [0.15, 0.2) is 83.8 Å². The van der Waals surface area contributed by atoms with E-state index in [9.17, 15) is 46.7 Å². The maximum Gasteiger partial charge on any atom is 0.413 e. The number of hydrogen-bond acceptors (Lipinski definition) is 10. The normalized spacial score (nSPS) is 14.4. The fourth-order valence-corrected chi connectivity index (χ4v) is 5.49. The Hall–Kier alpha value is -5.24. The van der Waals surface area contributed by atoms with E-state index < -0.39 is 42.5 Å². The SMILES string of the molecule is C=C(C)CC=O.C=CC(CC=O)c1ccccc1.CC(C)(C)OC(=O)N1[C@H](C=O)COC1(C)C.CCCCCCCCC/C=C/C=O.Cc1ccc(C(C)CC=O)o1.O=CCCC(F)(F)F. The molecule has 3 rings (SSSR count). The largest absolute Gasteiger partial charge is 0.466 e. The molecule has 1 amide bonds. The van der Waals surface area contributed by atoms with Crippen LogP contribution in [0.4, 0.5) is 18.0 Å². The Bertz CT molecular complexity index is 1660. The third-order valence-electron chi connectivity index (χ3n) is 8.99. The van der Waals surface area contributed by atoms with E-state index in [-0.39, 0.29) is 24.7 Å². The first-order chi connectivity index (χ1) is 31.0. The van der Waals surface area contributed by atoms with Crippen LogP contribution in [0.25, 0.3) is 0 Å². The van der Waals surface area contributed by atoms with Crippen molar-refractivity contribution in [3.63, 3.8) is 0 Å². The average molecular weight is 934 g/mol. The van der Waals surface area contributed by atoms with Gasteiger partial charge in [-0.3, -0.25) is 9.69 Å². The van der Waals surface area contributed by atoms with Crippen molar-refractivity contribution in [2.75, 3.05) is 6.61 Å². The minimum absolute atomic E-state index is 0.170. The molecule has 0 bridgehead atoms. The van der Waals surface area contributed by atoms with E-state index in [1.807, 2.05) is 75.4 Å². The average Bonchev–Trinajstić information content (AvgIpc) is 3.83. The van der Waals surface area contributed by atoms with Gasteiger partial charge < -0.3 is 37.9 Å². The summed E-state index contributed by atoms with van der Waals surface area (Å²) in [7, 11) is 0. The molecule has 1 aliphatic rings. The summed E-state index contributed by atoms with van der Waals surface area (Å²) < 4.78 is 49.2. The van der Waals surface area contributed by atoms with E-state index in [1.54, 1.807) is 40.7 Å². The number of rotatable bonds is 21. The fourth-order valence-electron chi connectivity index (χ4n) is 5.49. The number of carbonyl (C=O) groups is 7. The standard InChI is InChI=1S/C12H22O.C11H19NO4.C11H12O.C9H12O2.C5H8O.C4H5F3O/c1-2-3-4-5-6-7-8-9-10-11-12-13;1-10(2,3)16-9(14)12-8(6-13)7-15-11(12,4)5;1-2-10(8-9-12)11-6-4-3-5-7-11;1-7(5-6-10)9-4-3-8(2)11-9;1-5(2)3-4-6;5-4(6,7)2-1-3-8/h10-12H,2-9H2,1H3;6,8H,7H2,1-5H3;2-7,9-10H,1,8H2;3-4,6-7H,5H2,1-2H3;4H,1,3H2,2H3;3H,1-2H2/b11-10+;;;;;/t;8-;;;;/m.1..../s1. The zero-order valence-corrected chi connectivity index (χ0v) is 40.9. The Kier molecular flexibility index (Phi) is 38.4. The molecule has 11 nitrogen and oxygen atoms in total. The van der Waals surface area contributed by atoms with Gasteiger partial charge in [-0.05, 0) is 85.1 Å². The smallest absolute Gasteiger partial charge is 0.413 e. The molecule has 2 unspecified atom stereocenters. The van der Waals surface area contributed by atoms with Crippen LogP contribution in [0.5, 0.6) is 0 Å². The lowest BCUT2D eigenvalue weighted by atomic mass is 9.97. The van der Waals surface area contributed by atoms with Gasteiger partial charge in [-0.15, -0.1) is 6.58 Å². The number of aldehydes is 6. The molecular weight excluding hydrogens is 856 g/mol. The summed E-state index contributed by atoms with van der Waals surface area (Å²) >= 11 is 0. The van der Waals surface area contributed by atoms with Crippen LogP contribution in [-0.4, -0.2) is 78.9 Å². The van der Waals surface area contributed by atoms with Gasteiger partial charge in [0.2, 0.25) is 0 Å². The first-order valence-corrected chi connectivity index (χ1v) is 22.5. The number of alkyl halides is 3. The molecule has 0 spiro atoms. The quantitative estimate of drug-likeness (QED) is 0.0511. The molecule has 372 valence electrons. The van der Waals surface area contributed by atoms with E-state index in [0.29, 0.717) is 25.5 Å². The number of carbonyl (C=O) groups excluding carboxylic acids is 7. The van der Waals surface area contributed by atoms with Crippen LogP contribution < -0.4 is 0 Å². The highest BCUT2D eigenvalue weighted by Gasteiger charge is 2.45. The molecule has 3 atom stereocenters. The molecule has 66 heavy (non-hydrogen) atoms. The molecule has 2 heterocycles. The Morgan fingerprint density at radius 2 is 1.47 bits per heavy atom. The van der Waals surface area contributed by atoms with Crippen LogP contribution in [0.3, 0.4) is 0 Å². The van der Waals surface area contributed by atoms with Gasteiger partial charge in [0.25, 0.3) is 0 Å². The lowest BCUT2D eigenvalue weighted by Gasteiger charge is -2.33. The molecule has 1 aromatic carbocycles. The number of allylic oxidation sites excluding steroid dienone is 4. The van der Waals surface area contributed by atoms with Gasteiger partial charge in [-0.1, -0.05) is 107 Å². The number of furan rings is 1. The predicted molar refractivity (Wildman–Crippen MR) is 255 cm³/mol. The number of unbranched alkanes of at least 4 members (excludes halogenated alkanes) is 7. The van der Waals surface area contributed by atoms with Crippen LogP contribution >= 0.6 is 0 Å². The summed E-state index contributed by atoms with van der Waals surface area (Å²) in [5, 5.41) is 0. The summed E-state index contributed by atoms with van der Waals surface area (Å²) in [4.78, 5) is 73.4. The Labute approximate surface area is 392 Å². The zero-order valence-electron chi connectivity index (χ0n) is 40.9. The molecule has 1 fully saturated rings. The van der Waals surface area contributed by atoms with Crippen molar-refractivity contribution in [2.45, 2.75) is 181 Å². The van der Waals surface area contributed by atoms with Crippen molar-refractivity contribution in [3.8, 4) is 0 Å². The number of hydrogen-bond donors (Lipinski definition) is 0. The van der Waals surface area contributed by atoms with Crippen LogP contribution in [0.2, 0.25) is 0 Å². The third kappa shape index (κ3) is 37.0. The highest BCUT2D eigenvalue weighted by Crippen LogP contribution is 2.28. The van der Waals surface area contributed by atoms with Crippen molar-refractivity contribution >= 4 is 43.8 Å². The number of aryl methyl sites for hydroxylation is 1. The van der Waals surface area contributed by atoms with Crippen molar-refractivity contribution in [2.24, 2.45) is 0 Å². The number of amides is 1. The summed E-state index contributed by atoms with van der Waals surface area (Å²) in [5.74, 6) is 2.18.